The standard InChI is InChI=1S/C9H10BrNO2/c1-6(4-9(12)13)8-3-2-7(10)5-11-8/h2-3,5-6H,4H2,1H3,(H,12,13). The maximum absolute atomic E-state index is 10.4. The van der Waals surface area contributed by atoms with Crippen molar-refractivity contribution in [2.75, 3.05) is 0 Å². The third-order valence-electron chi connectivity index (χ3n) is 1.74. The molecule has 1 unspecified atom stereocenters. The van der Waals surface area contributed by atoms with Crippen molar-refractivity contribution >= 4 is 21.9 Å². The van der Waals surface area contributed by atoms with Crippen LogP contribution in [-0.2, 0) is 4.79 Å². The lowest BCUT2D eigenvalue weighted by Gasteiger charge is -2.06. The Labute approximate surface area is 84.9 Å². The molecule has 1 aromatic rings. The predicted octanol–water partition coefficient (Wildman–Crippen LogP) is 2.42. The van der Waals surface area contributed by atoms with Crippen LogP contribution in [-0.4, -0.2) is 16.1 Å². The lowest BCUT2D eigenvalue weighted by molar-refractivity contribution is -0.137. The molecule has 0 saturated carbocycles. The number of pyridine rings is 1. The van der Waals surface area contributed by atoms with Crippen molar-refractivity contribution in [1.82, 2.24) is 4.98 Å². The van der Waals surface area contributed by atoms with E-state index in [4.69, 9.17) is 5.11 Å². The Bertz CT molecular complexity index is 297. The van der Waals surface area contributed by atoms with Gasteiger partial charge < -0.3 is 5.11 Å². The van der Waals surface area contributed by atoms with E-state index in [0.29, 0.717) is 0 Å². The van der Waals surface area contributed by atoms with Gasteiger partial charge in [0.05, 0.1) is 6.42 Å². The summed E-state index contributed by atoms with van der Waals surface area (Å²) < 4.78 is 0.902. The second kappa shape index (κ2) is 4.37. The molecular formula is C9H10BrNO2. The molecule has 1 aromatic heterocycles. The lowest BCUT2D eigenvalue weighted by atomic mass is 10.0. The first kappa shape index (κ1) is 10.2. The molecule has 0 radical (unpaired) electrons. The maximum Gasteiger partial charge on any atom is 0.304 e. The number of aromatic nitrogens is 1. The zero-order valence-electron chi connectivity index (χ0n) is 7.20. The van der Waals surface area contributed by atoms with Crippen LogP contribution in [0.2, 0.25) is 0 Å². The quantitative estimate of drug-likeness (QED) is 0.888. The van der Waals surface area contributed by atoms with Crippen LogP contribution in [0, 0.1) is 0 Å². The van der Waals surface area contributed by atoms with Crippen LogP contribution in [0.5, 0.6) is 0 Å². The zero-order chi connectivity index (χ0) is 9.84. The van der Waals surface area contributed by atoms with Gasteiger partial charge in [0.25, 0.3) is 0 Å². The Morgan fingerprint density at radius 2 is 2.38 bits per heavy atom. The molecule has 4 heteroatoms. The monoisotopic (exact) mass is 243 g/mol. The summed E-state index contributed by atoms with van der Waals surface area (Å²) >= 11 is 3.27. The summed E-state index contributed by atoms with van der Waals surface area (Å²) in [6, 6.07) is 3.69. The molecule has 70 valence electrons. The predicted molar refractivity (Wildman–Crippen MR) is 52.6 cm³/mol. The molecule has 1 N–H and O–H groups in total. The van der Waals surface area contributed by atoms with Gasteiger partial charge in [0.15, 0.2) is 0 Å². The molecule has 0 aliphatic carbocycles. The molecule has 1 rings (SSSR count). The van der Waals surface area contributed by atoms with E-state index in [9.17, 15) is 4.79 Å². The first-order valence-electron chi connectivity index (χ1n) is 3.93. The summed E-state index contributed by atoms with van der Waals surface area (Å²) in [6.07, 6.45) is 1.79. The number of carboxylic acid groups (broad SMARTS) is 1. The zero-order valence-corrected chi connectivity index (χ0v) is 8.78. The molecular weight excluding hydrogens is 234 g/mol. The highest BCUT2D eigenvalue weighted by molar-refractivity contribution is 9.10. The minimum absolute atomic E-state index is 0.0365. The van der Waals surface area contributed by atoms with Crippen LogP contribution in [0.25, 0.3) is 0 Å². The largest absolute Gasteiger partial charge is 0.481 e. The fourth-order valence-corrected chi connectivity index (χ4v) is 1.28. The second-order valence-electron chi connectivity index (χ2n) is 2.90. The van der Waals surface area contributed by atoms with Gasteiger partial charge in [-0.3, -0.25) is 9.78 Å². The molecule has 3 nitrogen and oxygen atoms in total. The molecule has 1 heterocycles. The third-order valence-corrected chi connectivity index (χ3v) is 2.21. The molecule has 1 atom stereocenters. The molecule has 0 aromatic carbocycles. The fraction of sp³-hybridized carbons (Fsp3) is 0.333. The van der Waals surface area contributed by atoms with Crippen LogP contribution in [0.15, 0.2) is 22.8 Å². The van der Waals surface area contributed by atoms with Crippen LogP contribution < -0.4 is 0 Å². The van der Waals surface area contributed by atoms with Gasteiger partial charge in [-0.05, 0) is 28.1 Å². The van der Waals surface area contributed by atoms with Gasteiger partial charge in [0, 0.05) is 22.3 Å². The lowest BCUT2D eigenvalue weighted by Crippen LogP contribution is -2.04. The molecule has 13 heavy (non-hydrogen) atoms. The van der Waals surface area contributed by atoms with Crippen molar-refractivity contribution in [3.8, 4) is 0 Å². The summed E-state index contributed by atoms with van der Waals surface area (Å²) in [6.45, 7) is 1.85. The molecule has 0 spiro atoms. The molecule has 0 aliphatic rings. The minimum atomic E-state index is -0.794. The van der Waals surface area contributed by atoms with Crippen LogP contribution >= 0.6 is 15.9 Å². The van der Waals surface area contributed by atoms with E-state index in [1.165, 1.54) is 0 Å². The number of carboxylic acids is 1. The minimum Gasteiger partial charge on any atom is -0.481 e. The molecule has 0 saturated heterocycles. The molecule has 0 fully saturated rings. The van der Waals surface area contributed by atoms with Crippen molar-refractivity contribution in [2.24, 2.45) is 0 Å². The Kier molecular flexibility index (Phi) is 3.42. The maximum atomic E-state index is 10.4. The molecule has 0 aliphatic heterocycles. The Morgan fingerprint density at radius 3 is 2.85 bits per heavy atom. The summed E-state index contributed by atoms with van der Waals surface area (Å²) in [7, 11) is 0. The van der Waals surface area contributed by atoms with Gasteiger partial charge in [0.1, 0.15) is 0 Å². The van der Waals surface area contributed by atoms with Gasteiger partial charge >= 0.3 is 5.97 Å². The van der Waals surface area contributed by atoms with E-state index in [2.05, 4.69) is 20.9 Å². The van der Waals surface area contributed by atoms with E-state index < -0.39 is 5.97 Å². The first-order valence-corrected chi connectivity index (χ1v) is 4.72. The highest BCUT2D eigenvalue weighted by Gasteiger charge is 2.10. The van der Waals surface area contributed by atoms with Gasteiger partial charge in [0.2, 0.25) is 0 Å². The number of nitrogens with zero attached hydrogens (tertiary/aromatic N) is 1. The Morgan fingerprint density at radius 1 is 1.69 bits per heavy atom. The fourth-order valence-electron chi connectivity index (χ4n) is 1.05. The Hall–Kier alpha value is -0.900. The average molecular weight is 244 g/mol. The summed E-state index contributed by atoms with van der Waals surface area (Å²) in [5, 5.41) is 8.56. The number of hydrogen-bond acceptors (Lipinski definition) is 2. The van der Waals surface area contributed by atoms with E-state index in [-0.39, 0.29) is 12.3 Å². The summed E-state index contributed by atoms with van der Waals surface area (Å²) in [5.41, 5.74) is 0.811. The van der Waals surface area contributed by atoms with E-state index >= 15 is 0 Å². The van der Waals surface area contributed by atoms with Crippen molar-refractivity contribution in [2.45, 2.75) is 19.3 Å². The second-order valence-corrected chi connectivity index (χ2v) is 3.82. The van der Waals surface area contributed by atoms with Gasteiger partial charge in [-0.2, -0.15) is 0 Å². The van der Waals surface area contributed by atoms with Crippen molar-refractivity contribution in [3.63, 3.8) is 0 Å². The van der Waals surface area contributed by atoms with Gasteiger partial charge in [-0.15, -0.1) is 0 Å². The van der Waals surface area contributed by atoms with E-state index in [1.54, 1.807) is 6.20 Å². The van der Waals surface area contributed by atoms with Crippen LogP contribution in [0.4, 0.5) is 0 Å². The number of halogens is 1. The summed E-state index contributed by atoms with van der Waals surface area (Å²) in [4.78, 5) is 14.5. The Balaban J connectivity index is 2.71. The topological polar surface area (TPSA) is 50.2 Å². The van der Waals surface area contributed by atoms with Crippen molar-refractivity contribution < 1.29 is 9.90 Å². The highest BCUT2D eigenvalue weighted by atomic mass is 79.9. The SMILES string of the molecule is CC(CC(=O)O)c1ccc(Br)cn1. The average Bonchev–Trinajstić information content (AvgIpc) is 2.04. The van der Waals surface area contributed by atoms with Crippen molar-refractivity contribution in [1.29, 1.82) is 0 Å². The van der Waals surface area contributed by atoms with Gasteiger partial charge in [-0.25, -0.2) is 0 Å². The van der Waals surface area contributed by atoms with E-state index in [1.807, 2.05) is 19.1 Å². The smallest absolute Gasteiger partial charge is 0.304 e. The summed E-state index contributed by atoms with van der Waals surface area (Å²) in [5.74, 6) is -0.831. The van der Waals surface area contributed by atoms with Crippen LogP contribution in [0.3, 0.4) is 0 Å². The first-order chi connectivity index (χ1) is 6.09. The van der Waals surface area contributed by atoms with Crippen LogP contribution in [0.1, 0.15) is 25.0 Å². The molecule has 0 amide bonds. The van der Waals surface area contributed by atoms with Gasteiger partial charge in [-0.1, -0.05) is 6.92 Å². The third kappa shape index (κ3) is 3.14. The number of carbonyl (C=O) groups is 1. The van der Waals surface area contributed by atoms with Crippen molar-refractivity contribution in [3.05, 3.63) is 28.5 Å². The number of hydrogen-bond donors (Lipinski definition) is 1. The normalized spacial score (nSPS) is 12.5. The number of rotatable bonds is 3. The van der Waals surface area contributed by atoms with E-state index in [0.717, 1.165) is 10.2 Å². The highest BCUT2D eigenvalue weighted by Crippen LogP contribution is 2.18. The number of aliphatic carboxylic acids is 1. The molecule has 0 bridgehead atoms.